The van der Waals surface area contributed by atoms with Crippen molar-refractivity contribution in [2.75, 3.05) is 19.7 Å². The van der Waals surface area contributed by atoms with Crippen LogP contribution in [0.25, 0.3) is 0 Å². The monoisotopic (exact) mass is 365 g/mol. The minimum Gasteiger partial charge on any atom is -0.376 e. The summed E-state index contributed by atoms with van der Waals surface area (Å²) >= 11 is 5.91. The van der Waals surface area contributed by atoms with Crippen LogP contribution in [0.15, 0.2) is 54.6 Å². The molecule has 1 N–H and O–H groups in total. The van der Waals surface area contributed by atoms with Crippen LogP contribution in [0.3, 0.4) is 0 Å². The van der Waals surface area contributed by atoms with Crippen molar-refractivity contribution in [1.82, 2.24) is 5.32 Å². The van der Waals surface area contributed by atoms with E-state index < -0.39 is 0 Å². The van der Waals surface area contributed by atoms with Gasteiger partial charge in [-0.05, 0) is 42.6 Å². The molecule has 1 heterocycles. The third-order valence-electron chi connectivity index (χ3n) is 4.74. The van der Waals surface area contributed by atoms with Crippen LogP contribution in [0.5, 0.6) is 0 Å². The maximum atomic E-state index is 6.15. The van der Waals surface area contributed by atoms with Gasteiger partial charge in [0.2, 0.25) is 0 Å². The number of hydrogen-bond donors (Lipinski definition) is 1. The lowest BCUT2D eigenvalue weighted by Crippen LogP contribution is -2.43. The number of halogens is 2. The Labute approximate surface area is 156 Å². The van der Waals surface area contributed by atoms with E-state index in [1.54, 1.807) is 0 Å². The third kappa shape index (κ3) is 4.73. The highest BCUT2D eigenvalue weighted by atomic mass is 35.5. The van der Waals surface area contributed by atoms with Crippen LogP contribution < -0.4 is 5.32 Å². The van der Waals surface area contributed by atoms with Crippen LogP contribution in [0.4, 0.5) is 0 Å². The Morgan fingerprint density at radius 2 is 1.67 bits per heavy atom. The molecular weight excluding hydrogens is 341 g/mol. The molecule has 1 aliphatic rings. The van der Waals surface area contributed by atoms with Gasteiger partial charge in [-0.1, -0.05) is 54.6 Å². The third-order valence-corrected chi connectivity index (χ3v) is 5.05. The van der Waals surface area contributed by atoms with Gasteiger partial charge < -0.3 is 10.1 Å². The first-order valence-corrected chi connectivity index (χ1v) is 8.84. The number of nitrogens with one attached hydrogen (secondary N) is 1. The first-order chi connectivity index (χ1) is 11.3. The molecule has 130 valence electrons. The van der Waals surface area contributed by atoms with Crippen LogP contribution in [-0.2, 0) is 22.6 Å². The van der Waals surface area contributed by atoms with Crippen LogP contribution in [0, 0.1) is 0 Å². The van der Waals surface area contributed by atoms with E-state index in [1.807, 2.05) is 6.07 Å². The molecule has 1 fully saturated rings. The van der Waals surface area contributed by atoms with Crippen molar-refractivity contribution in [2.45, 2.75) is 30.7 Å². The Morgan fingerprint density at radius 3 is 2.38 bits per heavy atom. The summed E-state index contributed by atoms with van der Waals surface area (Å²) < 4.78 is 6.15. The highest BCUT2D eigenvalue weighted by molar-refractivity contribution is 6.17. The van der Waals surface area contributed by atoms with Crippen molar-refractivity contribution < 1.29 is 4.74 Å². The maximum absolute atomic E-state index is 6.15. The molecule has 0 atom stereocenters. The summed E-state index contributed by atoms with van der Waals surface area (Å²) in [4.78, 5) is 0. The van der Waals surface area contributed by atoms with Gasteiger partial charge in [-0.3, -0.25) is 0 Å². The number of ether oxygens (including phenoxy) is 1. The van der Waals surface area contributed by atoms with Crippen molar-refractivity contribution >= 4 is 24.0 Å². The van der Waals surface area contributed by atoms with E-state index in [4.69, 9.17) is 16.3 Å². The first kappa shape index (κ1) is 19.3. The zero-order valence-corrected chi connectivity index (χ0v) is 15.4. The highest BCUT2D eigenvalue weighted by Gasteiger charge is 2.34. The van der Waals surface area contributed by atoms with Crippen molar-refractivity contribution in [2.24, 2.45) is 0 Å². The van der Waals surface area contributed by atoms with E-state index >= 15 is 0 Å². The molecule has 4 heteroatoms. The Balaban J connectivity index is 0.00000208. The molecule has 2 aromatic rings. The molecule has 0 aliphatic carbocycles. The average Bonchev–Trinajstić information content (AvgIpc) is 2.63. The van der Waals surface area contributed by atoms with Crippen molar-refractivity contribution in [1.29, 1.82) is 0 Å². The van der Waals surface area contributed by atoms with Crippen molar-refractivity contribution in [3.63, 3.8) is 0 Å². The van der Waals surface area contributed by atoms with E-state index in [1.165, 1.54) is 11.1 Å². The molecule has 0 spiro atoms. The predicted octanol–water partition coefficient (Wildman–Crippen LogP) is 4.69. The zero-order valence-electron chi connectivity index (χ0n) is 13.8. The average molecular weight is 366 g/mol. The minimum absolute atomic E-state index is 0. The molecule has 24 heavy (non-hydrogen) atoms. The molecule has 0 aromatic heterocycles. The first-order valence-electron chi connectivity index (χ1n) is 8.30. The fraction of sp³-hybridized carbons (Fsp3) is 0.400. The van der Waals surface area contributed by atoms with E-state index in [0.29, 0.717) is 12.5 Å². The predicted molar refractivity (Wildman–Crippen MR) is 103 cm³/mol. The minimum atomic E-state index is 0. The number of hydrogen-bond acceptors (Lipinski definition) is 2. The molecular formula is C20H25Cl2NO. The van der Waals surface area contributed by atoms with Gasteiger partial charge in [0, 0.05) is 11.3 Å². The number of rotatable bonds is 6. The second-order valence-electron chi connectivity index (χ2n) is 6.34. The summed E-state index contributed by atoms with van der Waals surface area (Å²) in [6.07, 6.45) is 2.25. The second-order valence-corrected chi connectivity index (χ2v) is 6.61. The van der Waals surface area contributed by atoms with Gasteiger partial charge in [0.25, 0.3) is 0 Å². The molecule has 0 amide bonds. The van der Waals surface area contributed by atoms with Crippen LogP contribution in [0.1, 0.15) is 29.5 Å². The topological polar surface area (TPSA) is 21.3 Å². The lowest BCUT2D eigenvalue weighted by molar-refractivity contribution is 0.0565. The van der Waals surface area contributed by atoms with Crippen molar-refractivity contribution in [3.8, 4) is 0 Å². The molecule has 0 unspecified atom stereocenters. The van der Waals surface area contributed by atoms with Gasteiger partial charge in [0.1, 0.15) is 0 Å². The van der Waals surface area contributed by atoms with E-state index in [0.717, 1.165) is 38.1 Å². The zero-order chi connectivity index (χ0) is 16.0. The van der Waals surface area contributed by atoms with Gasteiger partial charge in [-0.15, -0.1) is 24.0 Å². The summed E-state index contributed by atoms with van der Waals surface area (Å²) in [6.45, 7) is 3.52. The highest BCUT2D eigenvalue weighted by Crippen LogP contribution is 2.34. The summed E-state index contributed by atoms with van der Waals surface area (Å²) in [7, 11) is 0. The Bertz CT molecular complexity index is 612. The molecule has 1 saturated heterocycles. The summed E-state index contributed by atoms with van der Waals surface area (Å²) in [5.74, 6) is 0.549. The molecule has 0 radical (unpaired) electrons. The fourth-order valence-electron chi connectivity index (χ4n) is 3.38. The lowest BCUT2D eigenvalue weighted by Gasteiger charge is -2.38. The standard InChI is InChI=1S/C20H24ClNO.ClH/c21-14-17-5-4-6-18(13-17)15-23-16-20(9-11-22-12-10-20)19-7-2-1-3-8-19;/h1-8,13,22H,9-12,14-16H2;1H. The second kappa shape index (κ2) is 9.43. The largest absolute Gasteiger partial charge is 0.376 e. The molecule has 1 aliphatic heterocycles. The molecule has 2 nitrogen and oxygen atoms in total. The smallest absolute Gasteiger partial charge is 0.0717 e. The van der Waals surface area contributed by atoms with Gasteiger partial charge in [-0.25, -0.2) is 0 Å². The normalized spacial score (nSPS) is 16.4. The molecule has 2 aromatic carbocycles. The van der Waals surface area contributed by atoms with Gasteiger partial charge in [-0.2, -0.15) is 0 Å². The Kier molecular flexibility index (Phi) is 7.57. The Hall–Kier alpha value is -1.06. The number of benzene rings is 2. The van der Waals surface area contributed by atoms with Gasteiger partial charge in [0.15, 0.2) is 0 Å². The molecule has 0 saturated carbocycles. The van der Waals surface area contributed by atoms with E-state index in [9.17, 15) is 0 Å². The lowest BCUT2D eigenvalue weighted by atomic mass is 9.74. The van der Waals surface area contributed by atoms with E-state index in [-0.39, 0.29) is 17.8 Å². The number of alkyl halides is 1. The number of piperidine rings is 1. The summed E-state index contributed by atoms with van der Waals surface area (Å²) in [5, 5.41) is 3.46. The summed E-state index contributed by atoms with van der Waals surface area (Å²) in [6, 6.07) is 19.1. The van der Waals surface area contributed by atoms with Gasteiger partial charge in [0.05, 0.1) is 13.2 Å². The van der Waals surface area contributed by atoms with Crippen LogP contribution >= 0.6 is 24.0 Å². The fourth-order valence-corrected chi connectivity index (χ4v) is 3.55. The Morgan fingerprint density at radius 1 is 0.958 bits per heavy atom. The molecule has 3 rings (SSSR count). The summed E-state index contributed by atoms with van der Waals surface area (Å²) in [5.41, 5.74) is 3.88. The SMILES string of the molecule is Cl.ClCc1cccc(COCC2(c3ccccc3)CCNCC2)c1. The maximum Gasteiger partial charge on any atom is 0.0717 e. The van der Waals surface area contributed by atoms with E-state index in [2.05, 4.69) is 53.8 Å². The molecule has 0 bridgehead atoms. The van der Waals surface area contributed by atoms with Crippen LogP contribution in [0.2, 0.25) is 0 Å². The van der Waals surface area contributed by atoms with Gasteiger partial charge >= 0.3 is 0 Å². The van der Waals surface area contributed by atoms with Crippen molar-refractivity contribution in [3.05, 3.63) is 71.3 Å². The van der Waals surface area contributed by atoms with Crippen LogP contribution in [-0.4, -0.2) is 19.7 Å². The quantitative estimate of drug-likeness (QED) is 0.750.